The Hall–Kier alpha value is -2.83. The summed E-state index contributed by atoms with van der Waals surface area (Å²) in [5.41, 5.74) is 0.440. The molecule has 0 aromatic heterocycles. The van der Waals surface area contributed by atoms with Gasteiger partial charge in [-0.25, -0.2) is 8.78 Å². The molecule has 0 atom stereocenters. The fraction of sp³-hybridized carbons (Fsp3) is 0.278. The number of anilines is 2. The van der Waals surface area contributed by atoms with Crippen molar-refractivity contribution >= 4 is 17.3 Å². The van der Waals surface area contributed by atoms with E-state index < -0.39 is 17.5 Å². The Morgan fingerprint density at radius 3 is 2.44 bits per heavy atom. The fourth-order valence-electron chi connectivity index (χ4n) is 2.14. The zero-order valence-electron chi connectivity index (χ0n) is 14.1. The Morgan fingerprint density at radius 2 is 1.72 bits per heavy atom. The quantitative estimate of drug-likeness (QED) is 0.760. The first kappa shape index (κ1) is 18.5. The molecule has 0 aliphatic rings. The summed E-state index contributed by atoms with van der Waals surface area (Å²) in [7, 11) is 0. The van der Waals surface area contributed by atoms with Crippen molar-refractivity contribution in [1.29, 1.82) is 0 Å². The lowest BCUT2D eigenvalue weighted by Crippen LogP contribution is -2.22. The molecule has 2 N–H and O–H groups in total. The third kappa shape index (κ3) is 5.34. The van der Waals surface area contributed by atoms with Crippen LogP contribution in [0.5, 0.6) is 11.5 Å². The maximum Gasteiger partial charge on any atom is 0.243 e. The fourth-order valence-corrected chi connectivity index (χ4v) is 2.14. The summed E-state index contributed by atoms with van der Waals surface area (Å²) in [5, 5.41) is 5.22. The average Bonchev–Trinajstić information content (AvgIpc) is 2.58. The molecule has 0 saturated heterocycles. The topological polar surface area (TPSA) is 59.6 Å². The van der Waals surface area contributed by atoms with Crippen LogP contribution in [-0.4, -0.2) is 25.7 Å². The van der Waals surface area contributed by atoms with E-state index in [0.717, 1.165) is 18.2 Å². The van der Waals surface area contributed by atoms with Crippen LogP contribution in [0.25, 0.3) is 0 Å². The summed E-state index contributed by atoms with van der Waals surface area (Å²) < 4.78 is 37.6. The zero-order valence-corrected chi connectivity index (χ0v) is 14.1. The lowest BCUT2D eigenvalue weighted by atomic mass is 10.2. The van der Waals surface area contributed by atoms with E-state index in [0.29, 0.717) is 30.4 Å². The molecule has 2 aromatic rings. The van der Waals surface area contributed by atoms with Crippen LogP contribution in [0.4, 0.5) is 20.2 Å². The number of carbonyl (C=O) groups is 1. The molecular weight excluding hydrogens is 330 g/mol. The van der Waals surface area contributed by atoms with Gasteiger partial charge in [0, 0.05) is 11.8 Å². The number of carbonyl (C=O) groups excluding carboxylic acids is 1. The number of hydrogen-bond donors (Lipinski definition) is 2. The molecule has 0 bridgehead atoms. The maximum absolute atomic E-state index is 13.5. The van der Waals surface area contributed by atoms with E-state index in [9.17, 15) is 13.6 Å². The van der Waals surface area contributed by atoms with Gasteiger partial charge in [0.05, 0.1) is 25.4 Å². The lowest BCUT2D eigenvalue weighted by molar-refractivity contribution is -0.114. The summed E-state index contributed by atoms with van der Waals surface area (Å²) in [6.07, 6.45) is 0. The zero-order chi connectivity index (χ0) is 18.2. The van der Waals surface area contributed by atoms with Crippen LogP contribution < -0.4 is 20.1 Å². The summed E-state index contributed by atoms with van der Waals surface area (Å²) in [4.78, 5) is 12.0. The van der Waals surface area contributed by atoms with Crippen LogP contribution in [-0.2, 0) is 4.79 Å². The van der Waals surface area contributed by atoms with Gasteiger partial charge in [-0.3, -0.25) is 4.79 Å². The number of benzene rings is 2. The third-order valence-electron chi connectivity index (χ3n) is 3.19. The molecule has 0 aliphatic heterocycles. The van der Waals surface area contributed by atoms with Crippen molar-refractivity contribution in [2.45, 2.75) is 13.8 Å². The molecule has 134 valence electrons. The van der Waals surface area contributed by atoms with Crippen molar-refractivity contribution in [1.82, 2.24) is 0 Å². The van der Waals surface area contributed by atoms with Crippen LogP contribution in [0.3, 0.4) is 0 Å². The van der Waals surface area contributed by atoms with Crippen molar-refractivity contribution in [2.75, 3.05) is 30.4 Å². The minimum Gasteiger partial charge on any atom is -0.490 e. The molecule has 25 heavy (non-hydrogen) atoms. The minimum atomic E-state index is -0.631. The second-order valence-corrected chi connectivity index (χ2v) is 5.05. The molecule has 2 rings (SSSR count). The standard InChI is InChI=1S/C18H20F2N2O3/c1-3-24-16-8-6-13(10-17(16)25-4-2)22-18(23)11-21-15-9-12(19)5-7-14(15)20/h5-10,21H,3-4,11H2,1-2H3,(H,22,23). The molecule has 0 heterocycles. The predicted molar refractivity (Wildman–Crippen MR) is 92.3 cm³/mol. The summed E-state index contributed by atoms with van der Waals surface area (Å²) in [6, 6.07) is 8.02. The number of halogens is 2. The van der Waals surface area contributed by atoms with Gasteiger partial charge in [-0.2, -0.15) is 0 Å². The Bertz CT molecular complexity index is 738. The van der Waals surface area contributed by atoms with Crippen molar-refractivity contribution in [2.24, 2.45) is 0 Å². The van der Waals surface area contributed by atoms with Crippen LogP contribution >= 0.6 is 0 Å². The molecule has 5 nitrogen and oxygen atoms in total. The molecule has 2 aromatic carbocycles. The first-order valence-corrected chi connectivity index (χ1v) is 7.92. The Balaban J connectivity index is 2.00. The van der Waals surface area contributed by atoms with Crippen LogP contribution in [0.1, 0.15) is 13.8 Å². The summed E-state index contributed by atoms with van der Waals surface area (Å²) in [5.74, 6) is -0.519. The largest absolute Gasteiger partial charge is 0.490 e. The predicted octanol–water partition coefficient (Wildman–Crippen LogP) is 3.81. The van der Waals surface area contributed by atoms with Crippen LogP contribution in [0.2, 0.25) is 0 Å². The molecular formula is C18H20F2N2O3. The first-order chi connectivity index (χ1) is 12.0. The van der Waals surface area contributed by atoms with Gasteiger partial charge in [0.25, 0.3) is 0 Å². The monoisotopic (exact) mass is 350 g/mol. The molecule has 0 spiro atoms. The van der Waals surface area contributed by atoms with Gasteiger partial charge < -0.3 is 20.1 Å². The van der Waals surface area contributed by atoms with E-state index in [2.05, 4.69) is 10.6 Å². The molecule has 0 fully saturated rings. The van der Waals surface area contributed by atoms with E-state index in [1.165, 1.54) is 0 Å². The molecule has 0 unspecified atom stereocenters. The highest BCUT2D eigenvalue weighted by Gasteiger charge is 2.10. The van der Waals surface area contributed by atoms with E-state index in [-0.39, 0.29) is 12.2 Å². The second-order valence-electron chi connectivity index (χ2n) is 5.05. The summed E-state index contributed by atoms with van der Waals surface area (Å²) >= 11 is 0. The minimum absolute atomic E-state index is 0.0724. The van der Waals surface area contributed by atoms with E-state index in [4.69, 9.17) is 9.47 Å². The van der Waals surface area contributed by atoms with Gasteiger partial charge >= 0.3 is 0 Å². The van der Waals surface area contributed by atoms with Crippen LogP contribution in [0.15, 0.2) is 36.4 Å². The van der Waals surface area contributed by atoms with Crippen molar-refractivity contribution in [3.63, 3.8) is 0 Å². The van der Waals surface area contributed by atoms with Gasteiger partial charge in [-0.1, -0.05) is 0 Å². The van der Waals surface area contributed by atoms with Gasteiger partial charge in [-0.15, -0.1) is 0 Å². The Kier molecular flexibility index (Phi) is 6.56. The normalized spacial score (nSPS) is 10.2. The third-order valence-corrected chi connectivity index (χ3v) is 3.19. The Morgan fingerprint density at radius 1 is 1.00 bits per heavy atom. The molecule has 0 aliphatic carbocycles. The van der Waals surface area contributed by atoms with Gasteiger partial charge in [-0.05, 0) is 44.2 Å². The average molecular weight is 350 g/mol. The number of amides is 1. The number of hydrogen-bond acceptors (Lipinski definition) is 4. The Labute approximate surface area is 144 Å². The molecule has 7 heteroatoms. The van der Waals surface area contributed by atoms with Gasteiger partial charge in [0.1, 0.15) is 11.6 Å². The van der Waals surface area contributed by atoms with Gasteiger partial charge in [0.15, 0.2) is 11.5 Å². The molecule has 0 radical (unpaired) electrons. The highest BCUT2D eigenvalue weighted by Crippen LogP contribution is 2.30. The highest BCUT2D eigenvalue weighted by molar-refractivity contribution is 5.94. The smallest absolute Gasteiger partial charge is 0.243 e. The van der Waals surface area contributed by atoms with Crippen molar-refractivity contribution in [3.05, 3.63) is 48.0 Å². The van der Waals surface area contributed by atoms with E-state index in [1.54, 1.807) is 18.2 Å². The number of rotatable bonds is 8. The maximum atomic E-state index is 13.5. The second kappa shape index (κ2) is 8.86. The van der Waals surface area contributed by atoms with Crippen molar-refractivity contribution < 1.29 is 23.0 Å². The molecule has 1 amide bonds. The van der Waals surface area contributed by atoms with E-state index >= 15 is 0 Å². The number of ether oxygens (including phenoxy) is 2. The highest BCUT2D eigenvalue weighted by atomic mass is 19.1. The number of nitrogens with one attached hydrogen (secondary N) is 2. The van der Waals surface area contributed by atoms with Gasteiger partial charge in [0.2, 0.25) is 5.91 Å². The summed E-state index contributed by atoms with van der Waals surface area (Å²) in [6.45, 7) is 4.45. The van der Waals surface area contributed by atoms with Crippen molar-refractivity contribution in [3.8, 4) is 11.5 Å². The van der Waals surface area contributed by atoms with Crippen LogP contribution in [0, 0.1) is 11.6 Å². The van der Waals surface area contributed by atoms with E-state index in [1.807, 2.05) is 13.8 Å². The first-order valence-electron chi connectivity index (χ1n) is 7.92. The SMILES string of the molecule is CCOc1ccc(NC(=O)CNc2cc(F)ccc2F)cc1OCC. The molecule has 0 saturated carbocycles. The lowest BCUT2D eigenvalue weighted by Gasteiger charge is -2.13.